The number of ether oxygens (including phenoxy) is 1. The van der Waals surface area contributed by atoms with Crippen LogP contribution in [0, 0.1) is 0 Å². The lowest BCUT2D eigenvalue weighted by Gasteiger charge is -2.03. The summed E-state index contributed by atoms with van der Waals surface area (Å²) in [6.07, 6.45) is 1.97. The third-order valence-corrected chi connectivity index (χ3v) is 4.30. The first-order valence-corrected chi connectivity index (χ1v) is 7.29. The molecule has 102 valence electrons. The van der Waals surface area contributed by atoms with Crippen LogP contribution >= 0.6 is 11.3 Å². The summed E-state index contributed by atoms with van der Waals surface area (Å²) in [4.78, 5) is 5.79. The highest BCUT2D eigenvalue weighted by Crippen LogP contribution is 2.25. The van der Waals surface area contributed by atoms with Gasteiger partial charge in [0.25, 0.3) is 0 Å². The molecule has 1 atom stereocenters. The average molecular weight is 276 g/mol. The van der Waals surface area contributed by atoms with Gasteiger partial charge < -0.3 is 10.5 Å². The van der Waals surface area contributed by atoms with Gasteiger partial charge in [-0.3, -0.25) is 0 Å². The van der Waals surface area contributed by atoms with Crippen LogP contribution in [0.4, 0.5) is 0 Å². The predicted molar refractivity (Wildman–Crippen MR) is 79.3 cm³/mol. The summed E-state index contributed by atoms with van der Waals surface area (Å²) in [5.41, 5.74) is 8.31. The van der Waals surface area contributed by atoms with E-state index < -0.39 is 0 Å². The van der Waals surface area contributed by atoms with Crippen molar-refractivity contribution in [1.82, 2.24) is 4.98 Å². The zero-order valence-corrected chi connectivity index (χ0v) is 12.2. The summed E-state index contributed by atoms with van der Waals surface area (Å²) < 4.78 is 5.18. The van der Waals surface area contributed by atoms with Crippen molar-refractivity contribution in [1.29, 1.82) is 0 Å². The summed E-state index contributed by atoms with van der Waals surface area (Å²) >= 11 is 1.71. The Morgan fingerprint density at radius 3 is 2.63 bits per heavy atom. The largest absolute Gasteiger partial charge is 0.378 e. The van der Waals surface area contributed by atoms with Crippen molar-refractivity contribution >= 4 is 11.3 Å². The van der Waals surface area contributed by atoms with E-state index in [1.54, 1.807) is 18.4 Å². The van der Waals surface area contributed by atoms with Crippen LogP contribution in [0.1, 0.15) is 34.1 Å². The molecule has 19 heavy (non-hydrogen) atoms. The van der Waals surface area contributed by atoms with Gasteiger partial charge >= 0.3 is 0 Å². The number of nitrogens with two attached hydrogens (primary N) is 1. The molecule has 2 rings (SSSR count). The molecule has 0 spiro atoms. The number of hydrogen-bond donors (Lipinski definition) is 1. The maximum absolute atomic E-state index is 5.98. The lowest BCUT2D eigenvalue weighted by Crippen LogP contribution is -2.06. The molecule has 2 aromatic rings. The third-order valence-electron chi connectivity index (χ3n) is 2.94. The molecule has 0 bridgehead atoms. The second-order valence-corrected chi connectivity index (χ2v) is 5.74. The van der Waals surface area contributed by atoms with Crippen molar-refractivity contribution in [3.05, 3.63) is 51.5 Å². The van der Waals surface area contributed by atoms with E-state index in [0.717, 1.165) is 28.4 Å². The Hall–Kier alpha value is -1.23. The number of rotatable bonds is 6. The molecule has 3 nitrogen and oxygen atoms in total. The number of methoxy groups -OCH3 is 1. The molecule has 0 amide bonds. The lowest BCUT2D eigenvalue weighted by atomic mass is 10.1. The molecule has 2 N–H and O–H groups in total. The van der Waals surface area contributed by atoms with Crippen molar-refractivity contribution < 1.29 is 4.74 Å². The SMILES string of the molecule is COCc1nc(CCc2ccccc2)sc1C(C)N. The summed E-state index contributed by atoms with van der Waals surface area (Å²) in [6.45, 7) is 2.53. The number of thiazole rings is 1. The Bertz CT molecular complexity index is 508. The highest BCUT2D eigenvalue weighted by molar-refractivity contribution is 7.11. The maximum Gasteiger partial charge on any atom is 0.0936 e. The standard InChI is InChI=1S/C15H20N2OS/c1-11(16)15-13(10-18-2)17-14(19-15)9-8-12-6-4-3-5-7-12/h3-7,11H,8-10,16H2,1-2H3. The number of aryl methyl sites for hydroxylation is 2. The van der Waals surface area contributed by atoms with Gasteiger partial charge in [-0.15, -0.1) is 11.3 Å². The molecule has 1 heterocycles. The second-order valence-electron chi connectivity index (χ2n) is 4.63. The van der Waals surface area contributed by atoms with E-state index in [9.17, 15) is 0 Å². The lowest BCUT2D eigenvalue weighted by molar-refractivity contribution is 0.181. The molecule has 1 unspecified atom stereocenters. The first-order chi connectivity index (χ1) is 9.20. The molecule has 1 aromatic heterocycles. The van der Waals surface area contributed by atoms with Gasteiger partial charge in [0.05, 0.1) is 17.3 Å². The molecule has 0 fully saturated rings. The quantitative estimate of drug-likeness (QED) is 0.882. The van der Waals surface area contributed by atoms with E-state index in [1.165, 1.54) is 5.56 Å². The first kappa shape index (κ1) is 14.2. The monoisotopic (exact) mass is 276 g/mol. The van der Waals surface area contributed by atoms with Crippen LogP contribution in [0.2, 0.25) is 0 Å². The molecule has 1 aromatic carbocycles. The van der Waals surface area contributed by atoms with E-state index in [1.807, 2.05) is 13.0 Å². The average Bonchev–Trinajstić information content (AvgIpc) is 2.81. The Morgan fingerprint density at radius 1 is 1.26 bits per heavy atom. The van der Waals surface area contributed by atoms with E-state index >= 15 is 0 Å². The van der Waals surface area contributed by atoms with Crippen molar-refractivity contribution in [2.24, 2.45) is 5.73 Å². The molecule has 0 saturated heterocycles. The fourth-order valence-electron chi connectivity index (χ4n) is 2.01. The highest BCUT2D eigenvalue weighted by Gasteiger charge is 2.14. The van der Waals surface area contributed by atoms with Crippen LogP contribution in [-0.4, -0.2) is 12.1 Å². The van der Waals surface area contributed by atoms with Gasteiger partial charge in [-0.2, -0.15) is 0 Å². The number of benzene rings is 1. The van der Waals surface area contributed by atoms with Crippen molar-refractivity contribution in [3.8, 4) is 0 Å². The van der Waals surface area contributed by atoms with Crippen LogP contribution in [0.15, 0.2) is 30.3 Å². The van der Waals surface area contributed by atoms with Gasteiger partial charge in [-0.25, -0.2) is 4.98 Å². The van der Waals surface area contributed by atoms with E-state index in [4.69, 9.17) is 10.5 Å². The summed E-state index contributed by atoms with van der Waals surface area (Å²) in [5, 5.41) is 1.14. The van der Waals surface area contributed by atoms with Gasteiger partial charge in [0.1, 0.15) is 0 Å². The molecule has 0 aliphatic heterocycles. The fraction of sp³-hybridized carbons (Fsp3) is 0.400. The van der Waals surface area contributed by atoms with Gasteiger partial charge in [-0.1, -0.05) is 30.3 Å². The van der Waals surface area contributed by atoms with Crippen LogP contribution in [0.25, 0.3) is 0 Å². The van der Waals surface area contributed by atoms with Crippen molar-refractivity contribution in [3.63, 3.8) is 0 Å². The van der Waals surface area contributed by atoms with Crippen LogP contribution in [-0.2, 0) is 24.2 Å². The van der Waals surface area contributed by atoms with Crippen LogP contribution < -0.4 is 5.73 Å². The van der Waals surface area contributed by atoms with E-state index in [-0.39, 0.29) is 6.04 Å². The zero-order valence-electron chi connectivity index (χ0n) is 11.4. The normalized spacial score (nSPS) is 12.6. The van der Waals surface area contributed by atoms with Gasteiger partial charge in [0.15, 0.2) is 0 Å². The molecule has 0 aliphatic rings. The summed E-state index contributed by atoms with van der Waals surface area (Å²) in [5.74, 6) is 0. The van der Waals surface area contributed by atoms with Gasteiger partial charge in [-0.05, 0) is 18.9 Å². The van der Waals surface area contributed by atoms with Crippen LogP contribution in [0.5, 0.6) is 0 Å². The first-order valence-electron chi connectivity index (χ1n) is 6.47. The minimum absolute atomic E-state index is 0.0214. The molecule has 0 radical (unpaired) electrons. The minimum atomic E-state index is 0.0214. The summed E-state index contributed by atoms with van der Waals surface area (Å²) in [6, 6.07) is 10.5. The number of hydrogen-bond acceptors (Lipinski definition) is 4. The topological polar surface area (TPSA) is 48.1 Å². The Kier molecular flexibility index (Phi) is 5.07. The van der Waals surface area contributed by atoms with E-state index in [2.05, 4.69) is 29.2 Å². The maximum atomic E-state index is 5.98. The number of nitrogens with zero attached hydrogens (tertiary/aromatic N) is 1. The predicted octanol–water partition coefficient (Wildman–Crippen LogP) is 3.09. The minimum Gasteiger partial charge on any atom is -0.378 e. The Balaban J connectivity index is 2.06. The van der Waals surface area contributed by atoms with Crippen molar-refractivity contribution in [2.45, 2.75) is 32.4 Å². The molecule has 4 heteroatoms. The smallest absolute Gasteiger partial charge is 0.0936 e. The fourth-order valence-corrected chi connectivity index (χ4v) is 3.04. The third kappa shape index (κ3) is 3.86. The Labute approximate surface area is 118 Å². The highest BCUT2D eigenvalue weighted by atomic mass is 32.1. The molecular formula is C15H20N2OS. The van der Waals surface area contributed by atoms with Gasteiger partial charge in [0.2, 0.25) is 0 Å². The van der Waals surface area contributed by atoms with Gasteiger partial charge in [0, 0.05) is 24.4 Å². The van der Waals surface area contributed by atoms with E-state index in [0.29, 0.717) is 6.61 Å². The molecular weight excluding hydrogens is 256 g/mol. The molecule has 0 aliphatic carbocycles. The summed E-state index contributed by atoms with van der Waals surface area (Å²) in [7, 11) is 1.69. The second kappa shape index (κ2) is 6.80. The van der Waals surface area contributed by atoms with Crippen molar-refractivity contribution in [2.75, 3.05) is 7.11 Å². The van der Waals surface area contributed by atoms with Crippen LogP contribution in [0.3, 0.4) is 0 Å². The number of aromatic nitrogens is 1. The molecule has 0 saturated carbocycles. The Morgan fingerprint density at radius 2 is 2.00 bits per heavy atom. The zero-order chi connectivity index (χ0) is 13.7.